The standard InChI is InChI=1S/C20H13ClF4N4O3.C6H8O7/c21-14-3-1-10(7-13(14)20(23,24)25)28-19(31)29-16-4-2-11(8-15(16)22)32-12-5-6-27-17(9-12)18(26)30;7-3(8)1-6(13,5(11)12)2-4(9)10/h1-9H,(H2,26,30)(H2,28,29,31);13H,1-2H2,(H,7,8)(H,9,10)(H,11,12). The molecule has 45 heavy (non-hydrogen) atoms. The van der Waals surface area contributed by atoms with Gasteiger partial charge in [-0.15, -0.1) is 0 Å². The van der Waals surface area contributed by atoms with Gasteiger partial charge in [0.25, 0.3) is 5.91 Å². The summed E-state index contributed by atoms with van der Waals surface area (Å²) >= 11 is 5.53. The van der Waals surface area contributed by atoms with Crippen LogP contribution in [0.5, 0.6) is 11.5 Å². The van der Waals surface area contributed by atoms with E-state index in [1.165, 1.54) is 36.5 Å². The molecule has 19 heteroatoms. The molecule has 1 aromatic heterocycles. The third-order valence-corrected chi connectivity index (χ3v) is 5.55. The molecule has 0 saturated heterocycles. The van der Waals surface area contributed by atoms with Crippen LogP contribution in [0, 0.1) is 5.82 Å². The summed E-state index contributed by atoms with van der Waals surface area (Å²) in [6.07, 6.45) is -5.71. The molecule has 0 aliphatic rings. The van der Waals surface area contributed by atoms with Crippen molar-refractivity contribution in [3.63, 3.8) is 0 Å². The van der Waals surface area contributed by atoms with Crippen LogP contribution in [0.25, 0.3) is 0 Å². The summed E-state index contributed by atoms with van der Waals surface area (Å²) in [5.74, 6) is -6.45. The Morgan fingerprint density at radius 3 is 2.00 bits per heavy atom. The lowest BCUT2D eigenvalue weighted by atomic mass is 9.96. The molecule has 240 valence electrons. The maximum absolute atomic E-state index is 14.4. The molecule has 0 unspecified atom stereocenters. The molecule has 14 nitrogen and oxygen atoms in total. The molecule has 0 aliphatic heterocycles. The number of pyridine rings is 1. The van der Waals surface area contributed by atoms with Gasteiger partial charge in [0.05, 0.1) is 29.1 Å². The molecule has 8 N–H and O–H groups in total. The number of nitrogens with two attached hydrogens (primary N) is 1. The van der Waals surface area contributed by atoms with Crippen LogP contribution in [0.3, 0.4) is 0 Å². The number of rotatable bonds is 10. The Morgan fingerprint density at radius 1 is 0.889 bits per heavy atom. The molecule has 3 rings (SSSR count). The molecule has 3 aromatic rings. The van der Waals surface area contributed by atoms with Crippen molar-refractivity contribution in [3.8, 4) is 11.5 Å². The number of aliphatic hydroxyl groups is 1. The van der Waals surface area contributed by atoms with Crippen molar-refractivity contribution in [1.29, 1.82) is 0 Å². The fraction of sp³-hybridized carbons (Fsp3) is 0.154. The first-order valence-electron chi connectivity index (χ1n) is 11.9. The summed E-state index contributed by atoms with van der Waals surface area (Å²) in [5.41, 5.74) is 0.773. The number of nitrogens with zero attached hydrogens (tertiary/aromatic N) is 1. The third-order valence-electron chi connectivity index (χ3n) is 5.22. The van der Waals surface area contributed by atoms with Gasteiger partial charge in [-0.2, -0.15) is 13.2 Å². The van der Waals surface area contributed by atoms with Crippen LogP contribution < -0.4 is 21.1 Å². The zero-order valence-corrected chi connectivity index (χ0v) is 23.0. The number of hydrogen-bond acceptors (Lipinski definition) is 8. The van der Waals surface area contributed by atoms with E-state index in [1.807, 2.05) is 0 Å². The smallest absolute Gasteiger partial charge is 0.417 e. The number of amides is 3. The Hall–Kier alpha value is -5.49. The number of carboxylic acids is 3. The lowest BCUT2D eigenvalue weighted by Crippen LogP contribution is -2.42. The maximum atomic E-state index is 14.4. The topological polar surface area (TPSA) is 238 Å². The van der Waals surface area contributed by atoms with E-state index in [0.717, 1.165) is 12.1 Å². The highest BCUT2D eigenvalue weighted by atomic mass is 35.5. The average Bonchev–Trinajstić information content (AvgIpc) is 2.90. The van der Waals surface area contributed by atoms with Gasteiger partial charge in [-0.1, -0.05) is 11.6 Å². The van der Waals surface area contributed by atoms with Gasteiger partial charge in [0.2, 0.25) is 0 Å². The predicted octanol–water partition coefficient (Wildman–Crippen LogP) is 4.18. The van der Waals surface area contributed by atoms with E-state index in [9.17, 15) is 41.5 Å². The second kappa shape index (κ2) is 14.8. The number of halogens is 5. The van der Waals surface area contributed by atoms with E-state index in [-0.39, 0.29) is 28.6 Å². The number of urea groups is 1. The minimum atomic E-state index is -4.71. The molecule has 0 saturated carbocycles. The van der Waals surface area contributed by atoms with Gasteiger partial charge in [-0.25, -0.2) is 14.0 Å². The summed E-state index contributed by atoms with van der Waals surface area (Å²) in [5, 5.41) is 37.6. The molecule has 1 heterocycles. The largest absolute Gasteiger partial charge is 0.481 e. The van der Waals surface area contributed by atoms with Crippen LogP contribution >= 0.6 is 11.6 Å². The minimum absolute atomic E-state index is 0.0441. The molecule has 0 radical (unpaired) electrons. The number of anilines is 2. The highest BCUT2D eigenvalue weighted by Crippen LogP contribution is 2.36. The van der Waals surface area contributed by atoms with Crippen LogP contribution in [-0.2, 0) is 20.6 Å². The number of benzene rings is 2. The van der Waals surface area contributed by atoms with Gasteiger partial charge in [0.1, 0.15) is 23.0 Å². The molecule has 2 aromatic carbocycles. The number of aliphatic carboxylic acids is 3. The fourth-order valence-corrected chi connectivity index (χ4v) is 3.45. The van der Waals surface area contributed by atoms with Crippen LogP contribution in [0.15, 0.2) is 54.7 Å². The van der Waals surface area contributed by atoms with Crippen molar-refractivity contribution in [2.45, 2.75) is 24.6 Å². The average molecular weight is 661 g/mol. The Labute approximate surface area is 254 Å². The van der Waals surface area contributed by atoms with E-state index in [1.54, 1.807) is 0 Å². The van der Waals surface area contributed by atoms with Crippen LogP contribution in [0.2, 0.25) is 5.02 Å². The molecule has 0 bridgehead atoms. The van der Waals surface area contributed by atoms with E-state index >= 15 is 0 Å². The predicted molar refractivity (Wildman–Crippen MR) is 145 cm³/mol. The Bertz CT molecular complexity index is 1600. The number of hydrogen-bond donors (Lipinski definition) is 7. The Kier molecular flexibility index (Phi) is 11.7. The lowest BCUT2D eigenvalue weighted by molar-refractivity contribution is -0.170. The monoisotopic (exact) mass is 660 g/mol. The highest BCUT2D eigenvalue weighted by Gasteiger charge is 2.40. The second-order valence-corrected chi connectivity index (χ2v) is 9.14. The molecular weight excluding hydrogens is 640 g/mol. The van der Waals surface area contributed by atoms with E-state index in [4.69, 9.17) is 42.5 Å². The molecule has 0 fully saturated rings. The quantitative estimate of drug-likeness (QED) is 0.152. The molecular formula is C26H21ClF4N4O10. The fourth-order valence-electron chi connectivity index (χ4n) is 3.23. The number of carboxylic acid groups (broad SMARTS) is 3. The first-order chi connectivity index (χ1) is 20.8. The van der Waals surface area contributed by atoms with Crippen molar-refractivity contribution >= 4 is 52.8 Å². The van der Waals surface area contributed by atoms with E-state index in [0.29, 0.717) is 6.07 Å². The molecule has 0 aliphatic carbocycles. The second-order valence-electron chi connectivity index (χ2n) is 8.73. The summed E-state index contributed by atoms with van der Waals surface area (Å²) in [6, 6.07) is 7.99. The Morgan fingerprint density at radius 2 is 1.49 bits per heavy atom. The van der Waals surface area contributed by atoms with Gasteiger partial charge < -0.3 is 41.5 Å². The molecule has 0 spiro atoms. The molecule has 0 atom stereocenters. The Balaban J connectivity index is 0.000000459. The van der Waals surface area contributed by atoms with Crippen LogP contribution in [0.4, 0.5) is 33.7 Å². The zero-order valence-electron chi connectivity index (χ0n) is 22.3. The van der Waals surface area contributed by atoms with Gasteiger partial charge in [0, 0.05) is 24.0 Å². The van der Waals surface area contributed by atoms with Crippen molar-refractivity contribution in [2.24, 2.45) is 5.73 Å². The third kappa shape index (κ3) is 10.9. The highest BCUT2D eigenvalue weighted by molar-refractivity contribution is 6.31. The van der Waals surface area contributed by atoms with E-state index in [2.05, 4.69) is 15.6 Å². The summed E-state index contributed by atoms with van der Waals surface area (Å²) in [4.78, 5) is 57.5. The normalized spacial score (nSPS) is 11.0. The maximum Gasteiger partial charge on any atom is 0.417 e. The first kappa shape index (κ1) is 35.7. The summed E-state index contributed by atoms with van der Waals surface area (Å²) in [6.45, 7) is 0. The lowest BCUT2D eigenvalue weighted by Gasteiger charge is -2.18. The van der Waals surface area contributed by atoms with Gasteiger partial charge in [0.15, 0.2) is 5.60 Å². The number of primary amides is 1. The number of nitrogens with one attached hydrogen (secondary N) is 2. The minimum Gasteiger partial charge on any atom is -0.481 e. The summed E-state index contributed by atoms with van der Waals surface area (Å²) < 4.78 is 58.5. The van der Waals surface area contributed by atoms with Gasteiger partial charge in [-0.05, 0) is 36.4 Å². The number of carbonyl (C=O) groups excluding carboxylic acids is 2. The molecule has 3 amide bonds. The van der Waals surface area contributed by atoms with Gasteiger partial charge >= 0.3 is 30.1 Å². The number of aromatic nitrogens is 1. The number of carbonyl (C=O) groups is 5. The first-order valence-corrected chi connectivity index (χ1v) is 12.3. The van der Waals surface area contributed by atoms with Crippen LogP contribution in [-0.4, -0.2) is 60.9 Å². The van der Waals surface area contributed by atoms with Crippen molar-refractivity contribution in [3.05, 3.63) is 76.8 Å². The van der Waals surface area contributed by atoms with Crippen molar-refractivity contribution in [1.82, 2.24) is 4.98 Å². The summed E-state index contributed by atoms with van der Waals surface area (Å²) in [7, 11) is 0. The van der Waals surface area contributed by atoms with E-state index < -0.39 is 70.9 Å². The zero-order chi connectivity index (χ0) is 34.1. The van der Waals surface area contributed by atoms with Crippen LogP contribution in [0.1, 0.15) is 28.9 Å². The number of alkyl halides is 3. The number of ether oxygens (including phenoxy) is 1. The SMILES string of the molecule is NC(=O)c1cc(Oc2ccc(NC(=O)Nc3ccc(Cl)c(C(F)(F)F)c3)c(F)c2)ccn1.O=C(O)CC(O)(CC(=O)O)C(=O)O. The van der Waals surface area contributed by atoms with Gasteiger partial charge in [-0.3, -0.25) is 19.4 Å². The van der Waals surface area contributed by atoms with Crippen molar-refractivity contribution in [2.75, 3.05) is 10.6 Å². The van der Waals surface area contributed by atoms with Crippen molar-refractivity contribution < 1.29 is 66.7 Å².